The van der Waals surface area contributed by atoms with Gasteiger partial charge in [-0.15, -0.1) is 5.10 Å². The van der Waals surface area contributed by atoms with Crippen molar-refractivity contribution < 1.29 is 4.74 Å². The topological polar surface area (TPSA) is 43.2 Å². The maximum atomic E-state index is 5.99. The number of rotatable bonds is 7. The maximum absolute atomic E-state index is 5.99. The van der Waals surface area contributed by atoms with Crippen LogP contribution in [0, 0.1) is 5.92 Å². The van der Waals surface area contributed by atoms with Crippen LogP contribution in [0.1, 0.15) is 38.5 Å². The lowest BCUT2D eigenvalue weighted by Crippen LogP contribution is -2.31. The summed E-state index contributed by atoms with van der Waals surface area (Å²) in [5, 5.41) is 8.65. The molecule has 130 valence electrons. The highest BCUT2D eigenvalue weighted by Gasteiger charge is 2.23. The lowest BCUT2D eigenvalue weighted by Gasteiger charge is -2.26. The molecule has 2 fully saturated rings. The molecule has 0 amide bonds. The standard InChI is InChI=1S/C18H25BrN4O/c19-17-16(24-12-4-11-22-9-2-1-3-10-22)8-7-15-18(17)20-21-23(15)13-14-5-6-14/h7-8,14H,1-6,9-13H2. The maximum Gasteiger partial charge on any atom is 0.135 e. The van der Waals surface area contributed by atoms with E-state index in [2.05, 4.69) is 37.2 Å². The molecular formula is C18H25BrN4O. The van der Waals surface area contributed by atoms with Gasteiger partial charge in [-0.3, -0.25) is 0 Å². The molecule has 0 atom stereocenters. The summed E-state index contributed by atoms with van der Waals surface area (Å²) >= 11 is 3.65. The second-order valence-electron chi connectivity index (χ2n) is 7.06. The zero-order chi connectivity index (χ0) is 16.4. The van der Waals surface area contributed by atoms with Gasteiger partial charge in [-0.25, -0.2) is 4.68 Å². The Kier molecular flexibility index (Phi) is 5.03. The van der Waals surface area contributed by atoms with E-state index in [1.807, 2.05) is 10.7 Å². The predicted molar refractivity (Wildman–Crippen MR) is 98.4 cm³/mol. The molecule has 2 aromatic rings. The number of fused-ring (bicyclic) bond motifs is 1. The molecule has 2 aliphatic rings. The largest absolute Gasteiger partial charge is 0.492 e. The van der Waals surface area contributed by atoms with E-state index in [4.69, 9.17) is 4.74 Å². The molecule has 1 aliphatic heterocycles. The van der Waals surface area contributed by atoms with Crippen molar-refractivity contribution in [1.82, 2.24) is 19.9 Å². The van der Waals surface area contributed by atoms with Crippen LogP contribution in [0.2, 0.25) is 0 Å². The van der Waals surface area contributed by atoms with Crippen LogP contribution in [0.4, 0.5) is 0 Å². The van der Waals surface area contributed by atoms with Crippen LogP contribution in [-0.2, 0) is 6.54 Å². The van der Waals surface area contributed by atoms with E-state index >= 15 is 0 Å². The lowest BCUT2D eigenvalue weighted by atomic mass is 10.1. The second-order valence-corrected chi connectivity index (χ2v) is 7.86. The smallest absolute Gasteiger partial charge is 0.135 e. The zero-order valence-corrected chi connectivity index (χ0v) is 15.7. The third-order valence-electron chi connectivity index (χ3n) is 5.04. The minimum atomic E-state index is 0.747. The quantitative estimate of drug-likeness (QED) is 0.670. The number of ether oxygens (including phenoxy) is 1. The first-order chi connectivity index (χ1) is 11.8. The van der Waals surface area contributed by atoms with Gasteiger partial charge < -0.3 is 9.64 Å². The van der Waals surface area contributed by atoms with Crippen LogP contribution >= 0.6 is 15.9 Å². The first kappa shape index (κ1) is 16.3. The summed E-state index contributed by atoms with van der Waals surface area (Å²) in [7, 11) is 0. The molecule has 1 aliphatic carbocycles. The number of nitrogens with zero attached hydrogens (tertiary/aromatic N) is 4. The summed E-state index contributed by atoms with van der Waals surface area (Å²) in [6.07, 6.45) is 7.79. The van der Waals surface area contributed by atoms with Gasteiger partial charge in [-0.2, -0.15) is 0 Å². The minimum Gasteiger partial charge on any atom is -0.492 e. The van der Waals surface area contributed by atoms with E-state index in [1.165, 1.54) is 45.2 Å². The fourth-order valence-electron chi connectivity index (χ4n) is 3.43. The summed E-state index contributed by atoms with van der Waals surface area (Å²) in [5.74, 6) is 1.67. The van der Waals surface area contributed by atoms with E-state index < -0.39 is 0 Å². The summed E-state index contributed by atoms with van der Waals surface area (Å²) in [4.78, 5) is 2.55. The number of likely N-dealkylation sites (tertiary alicyclic amines) is 1. The summed E-state index contributed by atoms with van der Waals surface area (Å²) < 4.78 is 8.94. The van der Waals surface area contributed by atoms with Crippen LogP contribution < -0.4 is 4.74 Å². The summed E-state index contributed by atoms with van der Waals surface area (Å²) in [5.41, 5.74) is 2.00. The number of piperidine rings is 1. The van der Waals surface area contributed by atoms with E-state index in [-0.39, 0.29) is 0 Å². The van der Waals surface area contributed by atoms with E-state index in [0.29, 0.717) is 0 Å². The van der Waals surface area contributed by atoms with E-state index in [1.54, 1.807) is 0 Å². The van der Waals surface area contributed by atoms with Crippen LogP contribution in [0.15, 0.2) is 16.6 Å². The van der Waals surface area contributed by atoms with Crippen molar-refractivity contribution in [1.29, 1.82) is 0 Å². The monoisotopic (exact) mass is 392 g/mol. The van der Waals surface area contributed by atoms with Crippen LogP contribution in [0.3, 0.4) is 0 Å². The minimum absolute atomic E-state index is 0.747. The number of halogens is 1. The van der Waals surface area contributed by atoms with E-state index in [0.717, 1.165) is 53.3 Å². The Balaban J connectivity index is 1.34. The third-order valence-corrected chi connectivity index (χ3v) is 5.81. The lowest BCUT2D eigenvalue weighted by molar-refractivity contribution is 0.204. The molecule has 0 radical (unpaired) electrons. The molecule has 0 spiro atoms. The Hall–Kier alpha value is -1.14. The van der Waals surface area contributed by atoms with Crippen molar-refractivity contribution >= 4 is 27.0 Å². The first-order valence-electron chi connectivity index (χ1n) is 9.18. The van der Waals surface area contributed by atoms with Crippen molar-refractivity contribution in [3.05, 3.63) is 16.6 Å². The molecule has 0 bridgehead atoms. The van der Waals surface area contributed by atoms with Gasteiger partial charge in [-0.05, 0) is 79.2 Å². The Morgan fingerprint density at radius 1 is 1.17 bits per heavy atom. The van der Waals surface area contributed by atoms with E-state index in [9.17, 15) is 0 Å². The number of hydrogen-bond acceptors (Lipinski definition) is 4. The third kappa shape index (κ3) is 3.75. The van der Waals surface area contributed by atoms with Gasteiger partial charge in [0.15, 0.2) is 0 Å². The molecule has 1 saturated heterocycles. The first-order valence-corrected chi connectivity index (χ1v) is 9.97. The van der Waals surface area contributed by atoms with Crippen LogP contribution in [0.25, 0.3) is 11.0 Å². The van der Waals surface area contributed by atoms with Gasteiger partial charge in [0.25, 0.3) is 0 Å². The van der Waals surface area contributed by atoms with Gasteiger partial charge in [0.05, 0.1) is 16.6 Å². The Bertz CT molecular complexity index is 692. The van der Waals surface area contributed by atoms with Gasteiger partial charge in [0.1, 0.15) is 11.3 Å². The van der Waals surface area contributed by atoms with Crippen molar-refractivity contribution in [2.24, 2.45) is 5.92 Å². The molecule has 5 nitrogen and oxygen atoms in total. The summed E-state index contributed by atoms with van der Waals surface area (Å²) in [6.45, 7) is 5.37. The van der Waals surface area contributed by atoms with Crippen LogP contribution in [0.5, 0.6) is 5.75 Å². The van der Waals surface area contributed by atoms with Gasteiger partial charge in [0.2, 0.25) is 0 Å². The zero-order valence-electron chi connectivity index (χ0n) is 14.1. The fourth-order valence-corrected chi connectivity index (χ4v) is 3.96. The number of aromatic nitrogens is 3. The second kappa shape index (κ2) is 7.40. The van der Waals surface area contributed by atoms with Gasteiger partial charge >= 0.3 is 0 Å². The Labute approximate surface area is 151 Å². The SMILES string of the molecule is Brc1c(OCCCN2CCCCC2)ccc2c1nnn2CC1CC1. The molecule has 1 aromatic carbocycles. The molecule has 0 N–H and O–H groups in total. The molecule has 2 heterocycles. The van der Waals surface area contributed by atoms with Crippen molar-refractivity contribution in [3.63, 3.8) is 0 Å². The highest BCUT2D eigenvalue weighted by Crippen LogP contribution is 2.34. The molecule has 24 heavy (non-hydrogen) atoms. The highest BCUT2D eigenvalue weighted by molar-refractivity contribution is 9.10. The average Bonchev–Trinajstić information content (AvgIpc) is 3.33. The fraction of sp³-hybridized carbons (Fsp3) is 0.667. The molecule has 4 rings (SSSR count). The Morgan fingerprint density at radius 3 is 2.79 bits per heavy atom. The highest BCUT2D eigenvalue weighted by atomic mass is 79.9. The predicted octanol–water partition coefficient (Wildman–Crippen LogP) is 3.86. The van der Waals surface area contributed by atoms with Crippen molar-refractivity contribution in [2.45, 2.75) is 45.1 Å². The van der Waals surface area contributed by atoms with Gasteiger partial charge in [0, 0.05) is 13.1 Å². The number of hydrogen-bond donors (Lipinski definition) is 0. The molecule has 0 unspecified atom stereocenters. The normalized spacial score (nSPS) is 19.0. The number of benzene rings is 1. The Morgan fingerprint density at radius 2 is 2.00 bits per heavy atom. The molecule has 1 saturated carbocycles. The van der Waals surface area contributed by atoms with Crippen molar-refractivity contribution in [3.8, 4) is 5.75 Å². The molecular weight excluding hydrogens is 368 g/mol. The van der Waals surface area contributed by atoms with Crippen molar-refractivity contribution in [2.75, 3.05) is 26.2 Å². The average molecular weight is 393 g/mol. The molecule has 6 heteroatoms. The molecule has 1 aromatic heterocycles. The summed E-state index contributed by atoms with van der Waals surface area (Å²) in [6, 6.07) is 4.13. The van der Waals surface area contributed by atoms with Gasteiger partial charge in [-0.1, -0.05) is 11.6 Å². The van der Waals surface area contributed by atoms with Crippen LogP contribution in [-0.4, -0.2) is 46.1 Å².